The highest BCUT2D eigenvalue weighted by Crippen LogP contribution is 2.31. The van der Waals surface area contributed by atoms with Crippen LogP contribution < -0.4 is 4.74 Å². The van der Waals surface area contributed by atoms with Gasteiger partial charge in [-0.05, 0) is 11.5 Å². The maximum absolute atomic E-state index is 6.00. The standard InChI is InChI=1S/C18H14NO/c1-2-7-16(8-3-1)19-12-15-11-10-14-6-4-5-9-17(14)18(15)20-13-19/h1-12H,13H2/q+1. The summed E-state index contributed by atoms with van der Waals surface area (Å²) in [6.45, 7) is 0.547. The van der Waals surface area contributed by atoms with E-state index in [4.69, 9.17) is 4.74 Å². The zero-order valence-corrected chi connectivity index (χ0v) is 11.0. The normalized spacial score (nSPS) is 13.5. The first-order chi connectivity index (χ1) is 9.92. The molecule has 1 aliphatic heterocycles. The molecule has 0 saturated carbocycles. The first-order valence-corrected chi connectivity index (χ1v) is 6.73. The minimum absolute atomic E-state index is 0.547. The Morgan fingerprint density at radius 1 is 0.800 bits per heavy atom. The molecule has 0 fully saturated rings. The summed E-state index contributed by atoms with van der Waals surface area (Å²) in [5.74, 6) is 0.982. The molecule has 0 bridgehead atoms. The van der Waals surface area contributed by atoms with Gasteiger partial charge in [0.15, 0.2) is 6.21 Å². The number of rotatable bonds is 1. The van der Waals surface area contributed by atoms with E-state index in [0.29, 0.717) is 6.73 Å². The average Bonchev–Trinajstić information content (AvgIpc) is 2.55. The van der Waals surface area contributed by atoms with Crippen LogP contribution in [0, 0.1) is 0 Å². The van der Waals surface area contributed by atoms with Crippen LogP contribution in [0.1, 0.15) is 5.56 Å². The fourth-order valence-electron chi connectivity index (χ4n) is 2.63. The summed E-state index contributed by atoms with van der Waals surface area (Å²) >= 11 is 0. The smallest absolute Gasteiger partial charge is 0.292 e. The Kier molecular flexibility index (Phi) is 2.52. The van der Waals surface area contributed by atoms with Crippen molar-refractivity contribution in [3.63, 3.8) is 0 Å². The molecule has 4 rings (SSSR count). The number of ether oxygens (including phenoxy) is 1. The number of hydrogen-bond acceptors (Lipinski definition) is 1. The molecule has 1 heterocycles. The monoisotopic (exact) mass is 260 g/mol. The van der Waals surface area contributed by atoms with Crippen LogP contribution in [0.4, 0.5) is 5.69 Å². The van der Waals surface area contributed by atoms with Gasteiger partial charge in [-0.25, -0.2) is 0 Å². The van der Waals surface area contributed by atoms with Crippen molar-refractivity contribution < 1.29 is 9.31 Å². The third-order valence-electron chi connectivity index (χ3n) is 3.64. The lowest BCUT2D eigenvalue weighted by atomic mass is 10.1. The van der Waals surface area contributed by atoms with Crippen LogP contribution in [0.2, 0.25) is 0 Å². The van der Waals surface area contributed by atoms with E-state index >= 15 is 0 Å². The summed E-state index contributed by atoms with van der Waals surface area (Å²) in [6.07, 6.45) is 2.15. The van der Waals surface area contributed by atoms with Crippen LogP contribution in [0.25, 0.3) is 10.8 Å². The van der Waals surface area contributed by atoms with Crippen molar-refractivity contribution in [2.24, 2.45) is 0 Å². The number of fused-ring (bicyclic) bond motifs is 3. The van der Waals surface area contributed by atoms with Crippen LogP contribution in [-0.2, 0) is 0 Å². The van der Waals surface area contributed by atoms with Gasteiger partial charge in [0, 0.05) is 17.5 Å². The zero-order valence-electron chi connectivity index (χ0n) is 11.0. The van der Waals surface area contributed by atoms with Gasteiger partial charge in [0.05, 0.1) is 5.56 Å². The fourth-order valence-corrected chi connectivity index (χ4v) is 2.63. The van der Waals surface area contributed by atoms with Crippen molar-refractivity contribution in [3.8, 4) is 5.75 Å². The van der Waals surface area contributed by atoms with Crippen molar-refractivity contribution in [3.05, 3.63) is 72.3 Å². The van der Waals surface area contributed by atoms with Crippen LogP contribution >= 0.6 is 0 Å². The molecular formula is C18H14NO+. The minimum atomic E-state index is 0.547. The summed E-state index contributed by atoms with van der Waals surface area (Å²) < 4.78 is 8.12. The Morgan fingerprint density at radius 3 is 2.50 bits per heavy atom. The molecule has 0 saturated heterocycles. The lowest BCUT2D eigenvalue weighted by Gasteiger charge is -2.15. The highest BCUT2D eigenvalue weighted by molar-refractivity contribution is 5.96. The van der Waals surface area contributed by atoms with Gasteiger partial charge in [-0.1, -0.05) is 48.5 Å². The van der Waals surface area contributed by atoms with Crippen LogP contribution in [0.5, 0.6) is 5.75 Å². The van der Waals surface area contributed by atoms with Crippen molar-refractivity contribution in [2.45, 2.75) is 0 Å². The molecule has 1 aliphatic rings. The molecule has 2 nitrogen and oxygen atoms in total. The van der Waals surface area contributed by atoms with Crippen molar-refractivity contribution in [2.75, 3.05) is 6.73 Å². The second kappa shape index (κ2) is 4.49. The largest absolute Gasteiger partial charge is 0.434 e. The summed E-state index contributed by atoms with van der Waals surface area (Å²) in [6, 6.07) is 22.9. The topological polar surface area (TPSA) is 12.2 Å². The van der Waals surface area contributed by atoms with Crippen LogP contribution in [-0.4, -0.2) is 17.5 Å². The molecule has 0 radical (unpaired) electrons. The summed E-state index contributed by atoms with van der Waals surface area (Å²) in [5.41, 5.74) is 2.27. The summed E-state index contributed by atoms with van der Waals surface area (Å²) in [4.78, 5) is 0. The maximum Gasteiger partial charge on any atom is 0.292 e. The van der Waals surface area contributed by atoms with Gasteiger partial charge in [0.1, 0.15) is 5.75 Å². The number of benzene rings is 3. The molecule has 3 aromatic carbocycles. The lowest BCUT2D eigenvalue weighted by molar-refractivity contribution is -0.476. The predicted molar refractivity (Wildman–Crippen MR) is 81.0 cm³/mol. The fraction of sp³-hybridized carbons (Fsp3) is 0.0556. The highest BCUT2D eigenvalue weighted by atomic mass is 16.5. The Bertz CT molecular complexity index is 806. The third-order valence-corrected chi connectivity index (χ3v) is 3.64. The molecule has 3 aromatic rings. The molecule has 96 valence electrons. The third kappa shape index (κ3) is 1.77. The van der Waals surface area contributed by atoms with Gasteiger partial charge in [-0.15, -0.1) is 0 Å². The van der Waals surface area contributed by atoms with E-state index in [2.05, 4.69) is 59.3 Å². The van der Waals surface area contributed by atoms with E-state index in [1.165, 1.54) is 10.8 Å². The molecule has 0 N–H and O–H groups in total. The quantitative estimate of drug-likeness (QED) is 0.603. The molecular weight excluding hydrogens is 246 g/mol. The van der Waals surface area contributed by atoms with E-state index in [1.54, 1.807) is 0 Å². The van der Waals surface area contributed by atoms with Gasteiger partial charge in [-0.2, -0.15) is 4.58 Å². The molecule has 0 aliphatic carbocycles. The average molecular weight is 260 g/mol. The van der Waals surface area contributed by atoms with Gasteiger partial charge in [-0.3, -0.25) is 0 Å². The first kappa shape index (κ1) is 11.2. The predicted octanol–water partition coefficient (Wildman–Crippen LogP) is 3.95. The lowest BCUT2D eigenvalue weighted by Crippen LogP contribution is -2.20. The number of nitrogens with zero attached hydrogens (tertiary/aromatic N) is 1. The molecule has 20 heavy (non-hydrogen) atoms. The van der Waals surface area contributed by atoms with Gasteiger partial charge in [0.2, 0.25) is 5.69 Å². The van der Waals surface area contributed by atoms with Gasteiger partial charge < -0.3 is 4.74 Å². The second-order valence-electron chi connectivity index (χ2n) is 4.91. The van der Waals surface area contributed by atoms with Crippen molar-refractivity contribution in [1.82, 2.24) is 0 Å². The second-order valence-corrected chi connectivity index (χ2v) is 4.91. The highest BCUT2D eigenvalue weighted by Gasteiger charge is 2.20. The number of para-hydroxylation sites is 1. The Hall–Kier alpha value is -2.61. The zero-order chi connectivity index (χ0) is 13.4. The molecule has 0 aromatic heterocycles. The molecule has 2 heteroatoms. The van der Waals surface area contributed by atoms with Crippen molar-refractivity contribution in [1.29, 1.82) is 0 Å². The van der Waals surface area contributed by atoms with Crippen LogP contribution in [0.3, 0.4) is 0 Å². The minimum Gasteiger partial charge on any atom is -0.434 e. The van der Waals surface area contributed by atoms with Gasteiger partial charge >= 0.3 is 0 Å². The molecule has 0 atom stereocenters. The maximum atomic E-state index is 6.00. The van der Waals surface area contributed by atoms with E-state index < -0.39 is 0 Å². The Labute approximate surface area is 117 Å². The number of hydrogen-bond donors (Lipinski definition) is 0. The Balaban J connectivity index is 1.88. The molecule has 0 unspecified atom stereocenters. The van der Waals surface area contributed by atoms with E-state index in [0.717, 1.165) is 17.0 Å². The summed E-state index contributed by atoms with van der Waals surface area (Å²) in [7, 11) is 0. The van der Waals surface area contributed by atoms with E-state index in [9.17, 15) is 0 Å². The SMILES string of the molecule is C1=[N+](c2ccccc2)COc2c1ccc1ccccc21. The van der Waals surface area contributed by atoms with E-state index in [1.807, 2.05) is 18.2 Å². The Morgan fingerprint density at radius 2 is 1.60 bits per heavy atom. The molecule has 0 amide bonds. The summed E-state index contributed by atoms with van der Waals surface area (Å²) in [5, 5.41) is 2.39. The van der Waals surface area contributed by atoms with Crippen molar-refractivity contribution >= 4 is 22.7 Å². The van der Waals surface area contributed by atoms with Crippen LogP contribution in [0.15, 0.2) is 66.7 Å². The molecule has 0 spiro atoms. The van der Waals surface area contributed by atoms with E-state index in [-0.39, 0.29) is 0 Å². The first-order valence-electron chi connectivity index (χ1n) is 6.73. The van der Waals surface area contributed by atoms with Gasteiger partial charge in [0.25, 0.3) is 6.73 Å².